The number of hydrogen-bond acceptors (Lipinski definition) is 4. The van der Waals surface area contributed by atoms with Crippen LogP contribution in [0.25, 0.3) is 11.0 Å². The molecular formula is C13H14F2N4O2. The molecule has 0 unspecified atom stereocenters. The van der Waals surface area contributed by atoms with Crippen LogP contribution in [0.2, 0.25) is 0 Å². The Morgan fingerprint density at radius 1 is 1.48 bits per heavy atom. The maximum atomic E-state index is 13.2. The van der Waals surface area contributed by atoms with E-state index in [0.29, 0.717) is 11.0 Å². The zero-order valence-corrected chi connectivity index (χ0v) is 11.5. The van der Waals surface area contributed by atoms with Crippen LogP contribution in [0, 0.1) is 0 Å². The summed E-state index contributed by atoms with van der Waals surface area (Å²) in [6.45, 7) is -1.55. The topological polar surface area (TPSA) is 68.5 Å². The minimum atomic E-state index is -2.75. The SMILES string of the molecule is CNC(=O)CO/N=C(\C)c1nc2ccccc2n1C(F)F. The van der Waals surface area contributed by atoms with Gasteiger partial charge in [0.25, 0.3) is 5.91 Å². The van der Waals surface area contributed by atoms with Crippen molar-refractivity contribution in [2.45, 2.75) is 13.5 Å². The van der Waals surface area contributed by atoms with Gasteiger partial charge in [0.15, 0.2) is 12.4 Å². The molecule has 1 aromatic heterocycles. The van der Waals surface area contributed by atoms with Gasteiger partial charge < -0.3 is 10.2 Å². The van der Waals surface area contributed by atoms with E-state index in [2.05, 4.69) is 15.5 Å². The maximum Gasteiger partial charge on any atom is 0.320 e. The summed E-state index contributed by atoms with van der Waals surface area (Å²) < 4.78 is 27.2. The van der Waals surface area contributed by atoms with Gasteiger partial charge in [-0.1, -0.05) is 17.3 Å². The first kappa shape index (κ1) is 14.9. The first-order valence-electron chi connectivity index (χ1n) is 6.17. The lowest BCUT2D eigenvalue weighted by Crippen LogP contribution is -2.22. The highest BCUT2D eigenvalue weighted by atomic mass is 19.3. The van der Waals surface area contributed by atoms with Crippen molar-refractivity contribution in [2.24, 2.45) is 5.16 Å². The summed E-state index contributed by atoms with van der Waals surface area (Å²) in [5.74, 6) is -0.364. The van der Waals surface area contributed by atoms with Gasteiger partial charge in [0.2, 0.25) is 0 Å². The van der Waals surface area contributed by atoms with Crippen LogP contribution >= 0.6 is 0 Å². The normalized spacial score (nSPS) is 12.0. The predicted octanol–water partition coefficient (Wildman–Crippen LogP) is 1.92. The van der Waals surface area contributed by atoms with Gasteiger partial charge in [-0.25, -0.2) is 4.98 Å². The Morgan fingerprint density at radius 3 is 2.86 bits per heavy atom. The lowest BCUT2D eigenvalue weighted by molar-refractivity contribution is -0.125. The van der Waals surface area contributed by atoms with E-state index in [0.717, 1.165) is 4.57 Å². The van der Waals surface area contributed by atoms with Crippen molar-refractivity contribution in [3.05, 3.63) is 30.1 Å². The Labute approximate surface area is 119 Å². The highest BCUT2D eigenvalue weighted by molar-refractivity contribution is 5.98. The molecule has 1 N–H and O–H groups in total. The fourth-order valence-corrected chi connectivity index (χ4v) is 1.80. The van der Waals surface area contributed by atoms with Gasteiger partial charge in [0, 0.05) is 7.05 Å². The third-order valence-corrected chi connectivity index (χ3v) is 2.79. The quantitative estimate of drug-likeness (QED) is 0.677. The Balaban J connectivity index is 2.34. The predicted molar refractivity (Wildman–Crippen MR) is 73.2 cm³/mol. The van der Waals surface area contributed by atoms with Crippen LogP contribution in [0.4, 0.5) is 8.78 Å². The average Bonchev–Trinajstić information content (AvgIpc) is 2.86. The van der Waals surface area contributed by atoms with Gasteiger partial charge in [-0.3, -0.25) is 9.36 Å². The number of para-hydroxylation sites is 2. The lowest BCUT2D eigenvalue weighted by atomic mass is 10.3. The number of aromatic nitrogens is 2. The molecular weight excluding hydrogens is 282 g/mol. The van der Waals surface area contributed by atoms with Crippen molar-refractivity contribution >= 4 is 22.7 Å². The number of halogens is 2. The smallest absolute Gasteiger partial charge is 0.320 e. The number of benzene rings is 1. The molecule has 0 aliphatic rings. The van der Waals surface area contributed by atoms with Crippen molar-refractivity contribution in [2.75, 3.05) is 13.7 Å². The fraction of sp³-hybridized carbons (Fsp3) is 0.308. The van der Waals surface area contributed by atoms with E-state index < -0.39 is 6.55 Å². The van der Waals surface area contributed by atoms with Crippen molar-refractivity contribution in [3.63, 3.8) is 0 Å². The van der Waals surface area contributed by atoms with Gasteiger partial charge >= 0.3 is 6.55 Å². The average molecular weight is 296 g/mol. The van der Waals surface area contributed by atoms with E-state index in [1.54, 1.807) is 24.3 Å². The number of carbonyl (C=O) groups is 1. The third-order valence-electron chi connectivity index (χ3n) is 2.79. The highest BCUT2D eigenvalue weighted by Crippen LogP contribution is 2.23. The molecule has 8 heteroatoms. The summed E-state index contributed by atoms with van der Waals surface area (Å²) >= 11 is 0. The van der Waals surface area contributed by atoms with Crippen LogP contribution in [0.15, 0.2) is 29.4 Å². The molecule has 0 radical (unpaired) electrons. The van der Waals surface area contributed by atoms with Crippen LogP contribution in [-0.4, -0.2) is 34.8 Å². The number of hydrogen-bond donors (Lipinski definition) is 1. The van der Waals surface area contributed by atoms with E-state index in [-0.39, 0.29) is 24.1 Å². The van der Waals surface area contributed by atoms with Gasteiger partial charge in [-0.2, -0.15) is 8.78 Å². The van der Waals surface area contributed by atoms with Gasteiger partial charge in [-0.15, -0.1) is 0 Å². The minimum Gasteiger partial charge on any atom is -0.385 e. The van der Waals surface area contributed by atoms with Crippen LogP contribution in [0.5, 0.6) is 0 Å². The number of amides is 1. The molecule has 0 saturated heterocycles. The van der Waals surface area contributed by atoms with Crippen molar-refractivity contribution in [1.82, 2.24) is 14.9 Å². The summed E-state index contributed by atoms with van der Waals surface area (Å²) in [6.07, 6.45) is 0. The van der Waals surface area contributed by atoms with E-state index in [1.165, 1.54) is 14.0 Å². The second kappa shape index (κ2) is 6.29. The molecule has 0 aliphatic heterocycles. The molecule has 0 spiro atoms. The summed E-state index contributed by atoms with van der Waals surface area (Å²) in [7, 11) is 1.46. The van der Waals surface area contributed by atoms with E-state index >= 15 is 0 Å². The van der Waals surface area contributed by atoms with Gasteiger partial charge in [0.1, 0.15) is 5.71 Å². The number of imidazole rings is 1. The van der Waals surface area contributed by atoms with Gasteiger partial charge in [-0.05, 0) is 19.1 Å². The number of oxime groups is 1. The molecule has 1 aromatic carbocycles. The largest absolute Gasteiger partial charge is 0.385 e. The lowest BCUT2D eigenvalue weighted by Gasteiger charge is -2.07. The number of rotatable bonds is 5. The number of alkyl halides is 2. The third kappa shape index (κ3) is 3.15. The zero-order valence-electron chi connectivity index (χ0n) is 11.5. The van der Waals surface area contributed by atoms with Crippen LogP contribution in [0.1, 0.15) is 19.3 Å². The molecule has 0 aliphatic carbocycles. The first-order chi connectivity index (χ1) is 10.0. The van der Waals surface area contributed by atoms with Crippen LogP contribution in [0.3, 0.4) is 0 Å². The molecule has 6 nitrogen and oxygen atoms in total. The summed E-state index contributed by atoms with van der Waals surface area (Å²) in [6, 6.07) is 6.55. The highest BCUT2D eigenvalue weighted by Gasteiger charge is 2.19. The maximum absolute atomic E-state index is 13.2. The monoisotopic (exact) mass is 296 g/mol. The molecule has 112 valence electrons. The Morgan fingerprint density at radius 2 is 2.19 bits per heavy atom. The molecule has 2 aromatic rings. The van der Waals surface area contributed by atoms with E-state index in [4.69, 9.17) is 4.84 Å². The molecule has 2 rings (SSSR count). The standard InChI is InChI=1S/C13H14F2N4O2/c1-8(18-21-7-11(20)16-2)12-17-9-5-3-4-6-10(9)19(12)13(14)15/h3-6,13H,7H2,1-2H3,(H,16,20)/b18-8+. The molecule has 0 fully saturated rings. The molecule has 0 saturated carbocycles. The second-order valence-electron chi connectivity index (χ2n) is 4.20. The number of nitrogens with one attached hydrogen (secondary N) is 1. The summed E-state index contributed by atoms with van der Waals surface area (Å²) in [5, 5.41) is 6.02. The molecule has 1 amide bonds. The van der Waals surface area contributed by atoms with Gasteiger partial charge in [0.05, 0.1) is 11.0 Å². The first-order valence-corrected chi connectivity index (χ1v) is 6.17. The number of likely N-dealkylation sites (N-methyl/N-ethyl adjacent to an activating group) is 1. The van der Waals surface area contributed by atoms with E-state index in [1.807, 2.05) is 0 Å². The van der Waals surface area contributed by atoms with Crippen molar-refractivity contribution in [3.8, 4) is 0 Å². The second-order valence-corrected chi connectivity index (χ2v) is 4.20. The van der Waals surface area contributed by atoms with Crippen molar-refractivity contribution < 1.29 is 18.4 Å². The van der Waals surface area contributed by atoms with E-state index in [9.17, 15) is 13.6 Å². The summed E-state index contributed by atoms with van der Waals surface area (Å²) in [4.78, 5) is 19.9. The molecule has 0 bridgehead atoms. The molecule has 21 heavy (non-hydrogen) atoms. The Kier molecular flexibility index (Phi) is 4.46. The Bertz CT molecular complexity index is 682. The zero-order chi connectivity index (χ0) is 15.4. The fourth-order valence-electron chi connectivity index (χ4n) is 1.80. The number of nitrogens with zero attached hydrogens (tertiary/aromatic N) is 3. The summed E-state index contributed by atoms with van der Waals surface area (Å²) in [5.41, 5.74) is 0.910. The number of fused-ring (bicyclic) bond motifs is 1. The minimum absolute atomic E-state index is 0.00288. The number of carbonyl (C=O) groups excluding carboxylic acids is 1. The van der Waals surface area contributed by atoms with Crippen LogP contribution < -0.4 is 5.32 Å². The molecule has 1 heterocycles. The molecule has 0 atom stereocenters. The van der Waals surface area contributed by atoms with Crippen LogP contribution in [-0.2, 0) is 9.63 Å². The van der Waals surface area contributed by atoms with Crippen molar-refractivity contribution in [1.29, 1.82) is 0 Å². The Hall–Kier alpha value is -2.51.